The molecule has 0 radical (unpaired) electrons. The zero-order chi connectivity index (χ0) is 28.9. The summed E-state index contributed by atoms with van der Waals surface area (Å²) < 4.78 is 50.9. The molecule has 0 saturated carbocycles. The summed E-state index contributed by atoms with van der Waals surface area (Å²) in [5.41, 5.74) is 0.730. The number of hydrogen-bond donors (Lipinski definition) is 1. The van der Waals surface area contributed by atoms with Crippen LogP contribution >= 0.6 is 0 Å². The van der Waals surface area contributed by atoms with Gasteiger partial charge in [0, 0.05) is 12.1 Å². The molecule has 0 amide bonds. The smallest absolute Gasteiger partial charge is 0.297 e. The van der Waals surface area contributed by atoms with Crippen molar-refractivity contribution in [3.8, 4) is 23.0 Å². The summed E-state index contributed by atoms with van der Waals surface area (Å²) in [6, 6.07) is 14.4. The fourth-order valence-corrected chi connectivity index (χ4v) is 4.48. The molecule has 0 saturated heterocycles. The second kappa shape index (κ2) is 12.1. The summed E-state index contributed by atoms with van der Waals surface area (Å²) in [6.07, 6.45) is -1.16. The first-order chi connectivity index (χ1) is 19.1. The van der Waals surface area contributed by atoms with Crippen LogP contribution in [0.25, 0.3) is 0 Å². The van der Waals surface area contributed by atoms with Crippen LogP contribution in [0, 0.1) is 27.2 Å². The molecule has 40 heavy (non-hydrogen) atoms. The molecule has 0 fully saturated rings. The van der Waals surface area contributed by atoms with Crippen molar-refractivity contribution in [2.75, 3.05) is 26.4 Å². The Morgan fingerprint density at radius 2 is 1.32 bits per heavy atom. The van der Waals surface area contributed by atoms with Crippen molar-refractivity contribution in [1.29, 1.82) is 0 Å². The molecule has 0 aromatic heterocycles. The topological polar surface area (TPSA) is 187 Å². The highest BCUT2D eigenvalue weighted by atomic mass is 32.2. The average Bonchev–Trinajstić information content (AvgIpc) is 2.95. The molecule has 2 atom stereocenters. The number of benzene rings is 3. The molecule has 5 rings (SSSR count). The molecule has 0 aliphatic carbocycles. The molecule has 0 unspecified atom stereocenters. The van der Waals surface area contributed by atoms with Crippen molar-refractivity contribution in [2.24, 2.45) is 0 Å². The highest BCUT2D eigenvalue weighted by molar-refractivity contribution is 7.86. The van der Waals surface area contributed by atoms with E-state index in [2.05, 4.69) is 0 Å². The molecule has 0 spiro atoms. The van der Waals surface area contributed by atoms with Gasteiger partial charge in [-0.05, 0) is 31.2 Å². The first-order valence-corrected chi connectivity index (χ1v) is 13.2. The standard InChI is InChI=1S/C16H15NO7S.C9H9NO5/c1-11-2-5-14(6-3-11)25(20,21)23-10-13-9-22-15-7-4-12(17(18)19)8-16(15)24-13;11-4-7-5-14-8-2-1-6(10(12)13)3-9(8)15-7/h2-8,13H,9-10H2,1H3;1-3,7,11H,4-5H2/t13-;7-/m10/s1. The summed E-state index contributed by atoms with van der Waals surface area (Å²) in [7, 11) is -3.92. The van der Waals surface area contributed by atoms with Gasteiger partial charge in [-0.2, -0.15) is 8.42 Å². The second-order valence-corrected chi connectivity index (χ2v) is 10.2. The van der Waals surface area contributed by atoms with Gasteiger partial charge in [-0.15, -0.1) is 0 Å². The van der Waals surface area contributed by atoms with Crippen LogP contribution in [0.2, 0.25) is 0 Å². The number of non-ortho nitro benzene ring substituents is 2. The first-order valence-electron chi connectivity index (χ1n) is 11.8. The van der Waals surface area contributed by atoms with E-state index in [0.29, 0.717) is 17.2 Å². The molecule has 0 bridgehead atoms. The lowest BCUT2D eigenvalue weighted by Crippen LogP contribution is -2.34. The summed E-state index contributed by atoms with van der Waals surface area (Å²) in [4.78, 5) is 20.3. The van der Waals surface area contributed by atoms with Crippen molar-refractivity contribution in [3.05, 3.63) is 86.5 Å². The molecule has 3 aromatic rings. The number of aliphatic hydroxyl groups excluding tert-OH is 1. The fourth-order valence-electron chi connectivity index (χ4n) is 3.55. The molecular weight excluding hydrogens is 552 g/mol. The number of rotatable bonds is 7. The Bertz CT molecular complexity index is 1490. The first kappa shape index (κ1) is 28.5. The number of ether oxygens (including phenoxy) is 4. The number of nitrogens with zero attached hydrogens (tertiary/aromatic N) is 2. The highest BCUT2D eigenvalue weighted by Crippen LogP contribution is 2.36. The Morgan fingerprint density at radius 1 is 0.825 bits per heavy atom. The predicted molar refractivity (Wildman–Crippen MR) is 137 cm³/mol. The third-order valence-electron chi connectivity index (χ3n) is 5.64. The maximum Gasteiger partial charge on any atom is 0.297 e. The van der Waals surface area contributed by atoms with Crippen LogP contribution in [-0.2, 0) is 14.3 Å². The van der Waals surface area contributed by atoms with Gasteiger partial charge in [0.1, 0.15) is 19.8 Å². The van der Waals surface area contributed by atoms with Crippen LogP contribution in [0.5, 0.6) is 23.0 Å². The maximum atomic E-state index is 12.2. The van der Waals surface area contributed by atoms with E-state index < -0.39 is 32.2 Å². The monoisotopic (exact) mass is 576 g/mol. The SMILES string of the molecule is Cc1ccc(S(=O)(=O)OC[C@H]2COc3ccc([N+](=O)[O-])cc3O2)cc1.O=[N+]([O-])c1ccc2c(c1)O[C@@H](CO)CO2. The van der Waals surface area contributed by atoms with Gasteiger partial charge < -0.3 is 24.1 Å². The Kier molecular flexibility index (Phi) is 8.67. The van der Waals surface area contributed by atoms with E-state index in [9.17, 15) is 28.6 Å². The minimum absolute atomic E-state index is 0.0471. The Labute approximate surface area is 228 Å². The molecule has 1 N–H and O–H groups in total. The maximum absolute atomic E-state index is 12.2. The minimum Gasteiger partial charge on any atom is -0.486 e. The van der Waals surface area contributed by atoms with Crippen LogP contribution in [0.4, 0.5) is 11.4 Å². The van der Waals surface area contributed by atoms with E-state index in [4.69, 9.17) is 28.2 Å². The molecule has 2 aliphatic rings. The second-order valence-electron chi connectivity index (χ2n) is 8.61. The molecule has 14 nitrogen and oxygen atoms in total. The van der Waals surface area contributed by atoms with Crippen molar-refractivity contribution >= 4 is 21.5 Å². The van der Waals surface area contributed by atoms with Gasteiger partial charge in [0.2, 0.25) is 0 Å². The van der Waals surface area contributed by atoms with Gasteiger partial charge in [-0.1, -0.05) is 17.7 Å². The lowest BCUT2D eigenvalue weighted by atomic mass is 10.2. The largest absolute Gasteiger partial charge is 0.486 e. The van der Waals surface area contributed by atoms with E-state index in [0.717, 1.165) is 5.56 Å². The summed E-state index contributed by atoms with van der Waals surface area (Å²) in [5, 5.41) is 30.2. The summed E-state index contributed by atoms with van der Waals surface area (Å²) in [5.74, 6) is 1.31. The van der Waals surface area contributed by atoms with E-state index in [1.165, 1.54) is 48.5 Å². The van der Waals surface area contributed by atoms with Crippen LogP contribution in [0.1, 0.15) is 5.56 Å². The average molecular weight is 577 g/mol. The molecule has 15 heteroatoms. The highest BCUT2D eigenvalue weighted by Gasteiger charge is 2.26. The van der Waals surface area contributed by atoms with E-state index in [-0.39, 0.29) is 48.4 Å². The van der Waals surface area contributed by atoms with E-state index in [1.54, 1.807) is 12.1 Å². The van der Waals surface area contributed by atoms with Crippen LogP contribution < -0.4 is 18.9 Å². The quantitative estimate of drug-likeness (QED) is 0.246. The van der Waals surface area contributed by atoms with Crippen molar-refractivity contribution in [1.82, 2.24) is 0 Å². The number of aliphatic hydroxyl groups is 1. The van der Waals surface area contributed by atoms with Gasteiger partial charge in [0.05, 0.1) is 33.5 Å². The van der Waals surface area contributed by atoms with Crippen molar-refractivity contribution in [2.45, 2.75) is 24.0 Å². The van der Waals surface area contributed by atoms with Gasteiger partial charge in [-0.25, -0.2) is 0 Å². The van der Waals surface area contributed by atoms with E-state index >= 15 is 0 Å². The normalized spacial score (nSPS) is 17.2. The number of aryl methyl sites for hydroxylation is 1. The summed E-state index contributed by atoms with van der Waals surface area (Å²) in [6.45, 7) is 1.73. The number of hydrogen-bond acceptors (Lipinski definition) is 12. The molecule has 3 aromatic carbocycles. The van der Waals surface area contributed by atoms with Crippen LogP contribution in [0.15, 0.2) is 65.6 Å². The zero-order valence-electron chi connectivity index (χ0n) is 21.0. The third-order valence-corrected chi connectivity index (χ3v) is 6.93. The lowest BCUT2D eigenvalue weighted by molar-refractivity contribution is -0.385. The number of nitro groups is 2. The van der Waals surface area contributed by atoms with E-state index in [1.807, 2.05) is 6.92 Å². The van der Waals surface area contributed by atoms with Crippen LogP contribution in [-0.4, -0.2) is 62.0 Å². The van der Waals surface area contributed by atoms with Gasteiger partial charge in [0.25, 0.3) is 21.5 Å². The fraction of sp³-hybridized carbons (Fsp3) is 0.280. The van der Waals surface area contributed by atoms with Crippen molar-refractivity contribution < 1.29 is 46.5 Å². The zero-order valence-corrected chi connectivity index (χ0v) is 21.8. The Morgan fingerprint density at radius 3 is 1.82 bits per heavy atom. The predicted octanol–water partition coefficient (Wildman–Crippen LogP) is 3.18. The van der Waals surface area contributed by atoms with Gasteiger partial charge >= 0.3 is 0 Å². The molecule has 2 heterocycles. The minimum atomic E-state index is -3.92. The summed E-state index contributed by atoms with van der Waals surface area (Å²) >= 11 is 0. The lowest BCUT2D eigenvalue weighted by Gasteiger charge is -2.25. The number of nitro benzene ring substituents is 2. The molecule has 2 aliphatic heterocycles. The number of fused-ring (bicyclic) bond motifs is 2. The van der Waals surface area contributed by atoms with Crippen LogP contribution in [0.3, 0.4) is 0 Å². The third kappa shape index (κ3) is 6.93. The van der Waals surface area contributed by atoms with Crippen molar-refractivity contribution in [3.63, 3.8) is 0 Å². The molecule has 212 valence electrons. The van der Waals surface area contributed by atoms with Gasteiger partial charge in [-0.3, -0.25) is 24.4 Å². The molecular formula is C25H24N2O12S. The Balaban J connectivity index is 0.000000210. The van der Waals surface area contributed by atoms with Gasteiger partial charge in [0.15, 0.2) is 35.2 Å². The Hall–Kier alpha value is -4.47.